The molecule has 0 aromatic carbocycles. The summed E-state index contributed by atoms with van der Waals surface area (Å²) < 4.78 is 25.3. The van der Waals surface area contributed by atoms with Gasteiger partial charge in [0.15, 0.2) is 0 Å². The van der Waals surface area contributed by atoms with Crippen LogP contribution in [0.5, 0.6) is 0 Å². The highest BCUT2D eigenvalue weighted by Crippen LogP contribution is 2.20. The number of carbonyl (C=O) groups excluding carboxylic acids is 1. The van der Waals surface area contributed by atoms with E-state index in [2.05, 4.69) is 4.74 Å². The molecule has 1 unspecified atom stereocenters. The van der Waals surface area contributed by atoms with Crippen molar-refractivity contribution in [2.45, 2.75) is 18.6 Å². The van der Waals surface area contributed by atoms with Gasteiger partial charge >= 0.3 is 15.0 Å². The van der Waals surface area contributed by atoms with Gasteiger partial charge in [-0.15, -0.1) is 0 Å². The molecule has 1 heterocycles. The normalized spacial score (nSPS) is 21.3. The maximum absolute atomic E-state index is 10.7. The molecule has 0 bridgehead atoms. The molecular weight excluding hydrogens is 220 g/mol. The van der Waals surface area contributed by atoms with Crippen molar-refractivity contribution in [3.05, 3.63) is 0 Å². The molecule has 7 heteroatoms. The van der Waals surface area contributed by atoms with E-state index in [1.165, 1.54) is 0 Å². The summed E-state index contributed by atoms with van der Waals surface area (Å²) in [6.07, 6.45) is -0.211. The number of ether oxygens (including phenoxy) is 2. The van der Waals surface area contributed by atoms with Crippen molar-refractivity contribution in [1.29, 1.82) is 0 Å². The number of carbonyl (C=O) groups is 1. The Bertz CT molecular complexity index is 209. The molecule has 1 atom stereocenters. The molecule has 0 aromatic rings. The van der Waals surface area contributed by atoms with E-state index >= 15 is 0 Å². The molecule has 1 saturated heterocycles. The van der Waals surface area contributed by atoms with Crippen LogP contribution in [0.3, 0.4) is 0 Å². The molecule has 0 spiro atoms. The van der Waals surface area contributed by atoms with E-state index in [0.29, 0.717) is 19.1 Å². The molecule has 1 aliphatic rings. The molecule has 0 aliphatic carbocycles. The highest BCUT2D eigenvalue weighted by molar-refractivity contribution is 6.60. The summed E-state index contributed by atoms with van der Waals surface area (Å²) >= 11 is 0. The van der Waals surface area contributed by atoms with E-state index in [1.807, 2.05) is 0 Å². The van der Waals surface area contributed by atoms with Crippen LogP contribution in [-0.2, 0) is 22.8 Å². The molecule has 15 heavy (non-hydrogen) atoms. The van der Waals surface area contributed by atoms with Gasteiger partial charge in [0, 0.05) is 27.4 Å². The quantitative estimate of drug-likeness (QED) is 0.502. The van der Waals surface area contributed by atoms with Crippen LogP contribution in [0.2, 0.25) is 6.04 Å². The van der Waals surface area contributed by atoms with Gasteiger partial charge in [-0.1, -0.05) is 0 Å². The minimum absolute atomic E-state index is 0.218. The molecule has 0 radical (unpaired) electrons. The van der Waals surface area contributed by atoms with Crippen LogP contribution in [0.15, 0.2) is 0 Å². The molecule has 6 nitrogen and oxygen atoms in total. The average Bonchev–Trinajstić information content (AvgIpc) is 2.67. The fraction of sp³-hybridized carbons (Fsp3) is 0.875. The van der Waals surface area contributed by atoms with Crippen LogP contribution in [0, 0.1) is 0 Å². The Hall–Kier alpha value is -0.633. The first-order valence-corrected chi connectivity index (χ1v) is 6.58. The lowest BCUT2D eigenvalue weighted by atomic mass is 10.3. The van der Waals surface area contributed by atoms with Crippen LogP contribution in [0.4, 0.5) is 4.79 Å². The largest absolute Gasteiger partial charge is 0.508 e. The SMILES string of the molecule is CO[Si](CCC1COC(=O)O1)(OC)OC. The van der Waals surface area contributed by atoms with Crippen molar-refractivity contribution in [1.82, 2.24) is 0 Å². The first kappa shape index (κ1) is 12.4. The second kappa shape index (κ2) is 5.45. The second-order valence-corrected chi connectivity index (χ2v) is 6.23. The number of cyclic esters (lactones) is 2. The Morgan fingerprint density at radius 2 is 1.93 bits per heavy atom. The van der Waals surface area contributed by atoms with Gasteiger partial charge in [-0.3, -0.25) is 0 Å². The Morgan fingerprint density at radius 3 is 2.33 bits per heavy atom. The summed E-state index contributed by atoms with van der Waals surface area (Å²) in [6.45, 7) is 0.292. The smallest absolute Gasteiger partial charge is 0.430 e. The standard InChI is InChI=1S/C8H16O6Si/c1-10-15(11-2,12-3)5-4-7-6-13-8(9)14-7/h7H,4-6H2,1-3H3. The molecule has 1 aliphatic heterocycles. The summed E-state index contributed by atoms with van der Waals surface area (Å²) in [4.78, 5) is 10.7. The fourth-order valence-electron chi connectivity index (χ4n) is 1.40. The Morgan fingerprint density at radius 1 is 1.33 bits per heavy atom. The Labute approximate surface area is 89.8 Å². The molecular formula is C8H16O6Si. The lowest BCUT2D eigenvalue weighted by Gasteiger charge is -2.24. The first-order valence-electron chi connectivity index (χ1n) is 4.64. The van der Waals surface area contributed by atoms with Crippen molar-refractivity contribution in [2.24, 2.45) is 0 Å². The monoisotopic (exact) mass is 236 g/mol. The van der Waals surface area contributed by atoms with Crippen LogP contribution in [0.1, 0.15) is 6.42 Å². The first-order chi connectivity index (χ1) is 7.15. The highest BCUT2D eigenvalue weighted by Gasteiger charge is 2.39. The van der Waals surface area contributed by atoms with E-state index < -0.39 is 15.0 Å². The third kappa shape index (κ3) is 3.16. The zero-order chi connectivity index (χ0) is 11.3. The lowest BCUT2D eigenvalue weighted by molar-refractivity contribution is 0.105. The molecule has 0 N–H and O–H groups in total. The van der Waals surface area contributed by atoms with Gasteiger partial charge in [-0.05, 0) is 6.42 Å². The molecule has 88 valence electrons. The molecule has 0 saturated carbocycles. The van der Waals surface area contributed by atoms with E-state index in [9.17, 15) is 4.79 Å². The van der Waals surface area contributed by atoms with Gasteiger partial charge in [0.05, 0.1) is 0 Å². The van der Waals surface area contributed by atoms with Crippen molar-refractivity contribution in [3.8, 4) is 0 Å². The van der Waals surface area contributed by atoms with Gasteiger partial charge in [-0.2, -0.15) is 0 Å². The minimum atomic E-state index is -2.55. The molecule has 0 aromatic heterocycles. The maximum atomic E-state index is 10.7. The zero-order valence-electron chi connectivity index (χ0n) is 9.15. The summed E-state index contributed by atoms with van der Waals surface area (Å²) in [7, 11) is 2.10. The fourth-order valence-corrected chi connectivity index (χ4v) is 3.19. The van der Waals surface area contributed by atoms with E-state index in [4.69, 9.17) is 18.0 Å². The second-order valence-electron chi connectivity index (χ2n) is 3.13. The summed E-state index contributed by atoms with van der Waals surface area (Å²) in [5.41, 5.74) is 0. The van der Waals surface area contributed by atoms with Gasteiger partial charge < -0.3 is 22.8 Å². The predicted octanol–water partition coefficient (Wildman–Crippen LogP) is 0.790. The molecule has 0 amide bonds. The van der Waals surface area contributed by atoms with Crippen molar-refractivity contribution in [2.75, 3.05) is 27.9 Å². The van der Waals surface area contributed by atoms with Crippen molar-refractivity contribution < 1.29 is 27.5 Å². The van der Waals surface area contributed by atoms with Crippen LogP contribution in [0.25, 0.3) is 0 Å². The summed E-state index contributed by atoms with van der Waals surface area (Å²) in [5, 5.41) is 0. The topological polar surface area (TPSA) is 63.2 Å². The van der Waals surface area contributed by atoms with Crippen LogP contribution < -0.4 is 0 Å². The number of hydrogen-bond acceptors (Lipinski definition) is 6. The number of rotatable bonds is 6. The molecule has 1 rings (SSSR count). The highest BCUT2D eigenvalue weighted by atomic mass is 28.4. The van der Waals surface area contributed by atoms with Crippen molar-refractivity contribution in [3.63, 3.8) is 0 Å². The van der Waals surface area contributed by atoms with Gasteiger partial charge in [0.1, 0.15) is 12.7 Å². The lowest BCUT2D eigenvalue weighted by Crippen LogP contribution is -2.43. The van der Waals surface area contributed by atoms with Gasteiger partial charge in [0.25, 0.3) is 0 Å². The van der Waals surface area contributed by atoms with E-state index in [-0.39, 0.29) is 6.10 Å². The third-order valence-corrected chi connectivity index (χ3v) is 5.12. The van der Waals surface area contributed by atoms with E-state index in [0.717, 1.165) is 0 Å². The summed E-state index contributed by atoms with van der Waals surface area (Å²) in [5.74, 6) is 0. The van der Waals surface area contributed by atoms with E-state index in [1.54, 1.807) is 21.3 Å². The number of hydrogen-bond donors (Lipinski definition) is 0. The minimum Gasteiger partial charge on any atom is -0.430 e. The maximum Gasteiger partial charge on any atom is 0.508 e. The summed E-state index contributed by atoms with van der Waals surface area (Å²) in [6, 6.07) is 0.595. The van der Waals surface area contributed by atoms with Crippen LogP contribution in [-0.4, -0.2) is 49.0 Å². The van der Waals surface area contributed by atoms with Gasteiger partial charge in [-0.25, -0.2) is 4.79 Å². The van der Waals surface area contributed by atoms with Crippen LogP contribution >= 0.6 is 0 Å². The van der Waals surface area contributed by atoms with Crippen molar-refractivity contribution >= 4 is 15.0 Å². The zero-order valence-corrected chi connectivity index (χ0v) is 10.1. The average molecular weight is 236 g/mol. The van der Waals surface area contributed by atoms with Gasteiger partial charge in [0.2, 0.25) is 0 Å². The predicted molar refractivity (Wildman–Crippen MR) is 52.4 cm³/mol. The third-order valence-electron chi connectivity index (χ3n) is 2.36. The Balaban J connectivity index is 2.36. The Kier molecular flexibility index (Phi) is 4.52. The molecule has 1 fully saturated rings.